The number of thiophene rings is 1. The van der Waals surface area contributed by atoms with E-state index in [0.29, 0.717) is 37.1 Å². The average molecular weight is 411 g/mol. The molecule has 1 amide bonds. The summed E-state index contributed by atoms with van der Waals surface area (Å²) in [6.07, 6.45) is 1.16. The molecule has 3 heterocycles. The van der Waals surface area contributed by atoms with Gasteiger partial charge in [0.15, 0.2) is 5.78 Å². The Morgan fingerprint density at radius 3 is 2.79 bits per heavy atom. The Bertz CT molecular complexity index is 984. The molecule has 2 aliphatic heterocycles. The molecule has 29 heavy (non-hydrogen) atoms. The number of benzene rings is 1. The molecule has 2 fully saturated rings. The summed E-state index contributed by atoms with van der Waals surface area (Å²) in [6.45, 7) is 6.14. The highest BCUT2D eigenvalue weighted by Crippen LogP contribution is 2.43. The van der Waals surface area contributed by atoms with Crippen LogP contribution in [0.3, 0.4) is 0 Å². The molecule has 0 saturated carbocycles. The van der Waals surface area contributed by atoms with Gasteiger partial charge in [-0.15, -0.1) is 11.3 Å². The summed E-state index contributed by atoms with van der Waals surface area (Å²) in [5.41, 5.74) is 2.06. The first kappa shape index (κ1) is 19.0. The van der Waals surface area contributed by atoms with Gasteiger partial charge < -0.3 is 10.0 Å². The summed E-state index contributed by atoms with van der Waals surface area (Å²) in [6, 6.07) is 9.85. The number of likely N-dealkylation sites (tertiary alicyclic amines) is 2. The van der Waals surface area contributed by atoms with E-state index in [9.17, 15) is 14.7 Å². The van der Waals surface area contributed by atoms with Crippen LogP contribution in [0.4, 0.5) is 0 Å². The Labute approximate surface area is 174 Å². The number of aliphatic hydroxyl groups excluding tert-OH is 1. The number of Topliss-reactive ketones (excluding diaryl/α,β-unsaturated/α-hetero) is 1. The Balaban J connectivity index is 1.32. The van der Waals surface area contributed by atoms with E-state index in [4.69, 9.17) is 0 Å². The first-order chi connectivity index (χ1) is 14.0. The SMILES string of the molecule is Cc1ccc(CN2CC3CN(C(=O)c4cccc5c4CCC5=O)CC3(CO)C2)s1. The zero-order valence-corrected chi connectivity index (χ0v) is 17.5. The molecular formula is C23H26N2O3S. The molecule has 2 aromatic rings. The van der Waals surface area contributed by atoms with Gasteiger partial charge in [0.2, 0.25) is 0 Å². The zero-order valence-electron chi connectivity index (χ0n) is 16.7. The van der Waals surface area contributed by atoms with Crippen LogP contribution in [0.5, 0.6) is 0 Å². The summed E-state index contributed by atoms with van der Waals surface area (Å²) in [7, 11) is 0. The smallest absolute Gasteiger partial charge is 0.254 e. The molecule has 1 aliphatic carbocycles. The Morgan fingerprint density at radius 2 is 2.07 bits per heavy atom. The van der Waals surface area contributed by atoms with E-state index >= 15 is 0 Å². The minimum absolute atomic E-state index is 0.0132. The molecule has 0 spiro atoms. The molecule has 152 valence electrons. The van der Waals surface area contributed by atoms with Crippen molar-refractivity contribution in [2.24, 2.45) is 11.3 Å². The van der Waals surface area contributed by atoms with Crippen molar-refractivity contribution in [3.05, 3.63) is 56.8 Å². The fourth-order valence-corrected chi connectivity index (χ4v) is 6.37. The van der Waals surface area contributed by atoms with E-state index in [1.807, 2.05) is 34.4 Å². The lowest BCUT2D eigenvalue weighted by atomic mass is 9.82. The van der Waals surface area contributed by atoms with Crippen LogP contribution in [0.25, 0.3) is 0 Å². The van der Waals surface area contributed by atoms with Gasteiger partial charge in [0.1, 0.15) is 0 Å². The number of fused-ring (bicyclic) bond motifs is 2. The number of hydrogen-bond donors (Lipinski definition) is 1. The third kappa shape index (κ3) is 3.14. The number of nitrogens with zero attached hydrogens (tertiary/aromatic N) is 2. The summed E-state index contributed by atoms with van der Waals surface area (Å²) in [4.78, 5) is 32.4. The number of aryl methyl sites for hydroxylation is 1. The normalized spacial score (nSPS) is 26.2. The van der Waals surface area contributed by atoms with Gasteiger partial charge in [-0.2, -0.15) is 0 Å². The van der Waals surface area contributed by atoms with Crippen molar-refractivity contribution in [1.29, 1.82) is 0 Å². The van der Waals surface area contributed by atoms with Crippen molar-refractivity contribution in [1.82, 2.24) is 9.80 Å². The molecule has 3 aliphatic rings. The molecule has 5 nitrogen and oxygen atoms in total. The minimum Gasteiger partial charge on any atom is -0.396 e. The third-order valence-electron chi connectivity index (χ3n) is 6.92. The van der Waals surface area contributed by atoms with Crippen LogP contribution in [-0.4, -0.2) is 59.4 Å². The fraction of sp³-hybridized carbons (Fsp3) is 0.478. The third-order valence-corrected chi connectivity index (χ3v) is 7.90. The maximum Gasteiger partial charge on any atom is 0.254 e. The molecule has 1 N–H and O–H groups in total. The van der Waals surface area contributed by atoms with E-state index in [2.05, 4.69) is 24.0 Å². The molecule has 2 saturated heterocycles. The number of amides is 1. The maximum atomic E-state index is 13.3. The monoisotopic (exact) mass is 410 g/mol. The van der Waals surface area contributed by atoms with Gasteiger partial charge in [-0.3, -0.25) is 14.5 Å². The molecule has 1 aromatic carbocycles. The number of rotatable bonds is 4. The maximum absolute atomic E-state index is 13.3. The lowest BCUT2D eigenvalue weighted by Crippen LogP contribution is -2.39. The highest BCUT2D eigenvalue weighted by atomic mass is 32.1. The van der Waals surface area contributed by atoms with Crippen LogP contribution < -0.4 is 0 Å². The Kier molecular flexibility index (Phi) is 4.61. The first-order valence-electron chi connectivity index (χ1n) is 10.3. The second-order valence-electron chi connectivity index (χ2n) is 8.84. The fourth-order valence-electron chi connectivity index (χ4n) is 5.44. The number of carbonyl (C=O) groups is 2. The Morgan fingerprint density at radius 1 is 1.21 bits per heavy atom. The predicted molar refractivity (Wildman–Crippen MR) is 112 cm³/mol. The van der Waals surface area contributed by atoms with Crippen LogP contribution in [0.2, 0.25) is 0 Å². The van der Waals surface area contributed by atoms with Crippen LogP contribution in [-0.2, 0) is 13.0 Å². The zero-order chi connectivity index (χ0) is 20.2. The molecule has 1 aromatic heterocycles. The molecule has 0 bridgehead atoms. The van der Waals surface area contributed by atoms with Crippen LogP contribution in [0.15, 0.2) is 30.3 Å². The van der Waals surface area contributed by atoms with Gasteiger partial charge in [-0.05, 0) is 43.0 Å². The molecule has 2 atom stereocenters. The molecule has 2 unspecified atom stereocenters. The molecular weight excluding hydrogens is 384 g/mol. The largest absolute Gasteiger partial charge is 0.396 e. The van der Waals surface area contributed by atoms with E-state index in [-0.39, 0.29) is 29.6 Å². The van der Waals surface area contributed by atoms with Crippen LogP contribution in [0.1, 0.15) is 42.5 Å². The summed E-state index contributed by atoms with van der Waals surface area (Å²) < 4.78 is 0. The number of carbonyl (C=O) groups excluding carboxylic acids is 2. The first-order valence-corrected chi connectivity index (χ1v) is 11.1. The van der Waals surface area contributed by atoms with Gasteiger partial charge >= 0.3 is 0 Å². The summed E-state index contributed by atoms with van der Waals surface area (Å²) in [5, 5.41) is 10.3. The van der Waals surface area contributed by atoms with Crippen molar-refractivity contribution in [2.75, 3.05) is 32.8 Å². The van der Waals surface area contributed by atoms with Crippen LogP contribution >= 0.6 is 11.3 Å². The molecule has 0 radical (unpaired) electrons. The lowest BCUT2D eigenvalue weighted by Gasteiger charge is -2.27. The van der Waals surface area contributed by atoms with Gasteiger partial charge in [-0.25, -0.2) is 0 Å². The van der Waals surface area contributed by atoms with E-state index < -0.39 is 0 Å². The average Bonchev–Trinajstić information content (AvgIpc) is 3.45. The predicted octanol–water partition coefficient (Wildman–Crippen LogP) is 2.75. The number of hydrogen-bond acceptors (Lipinski definition) is 5. The number of aliphatic hydroxyl groups is 1. The standard InChI is InChI=1S/C23H26N2O3S/c1-15-5-6-17(29-15)11-24-9-16-10-25(13-23(16,12-24)14-26)22(28)20-4-2-3-19-18(20)7-8-21(19)27/h2-6,16,26H,7-14H2,1H3. The van der Waals surface area contributed by atoms with E-state index in [1.165, 1.54) is 9.75 Å². The van der Waals surface area contributed by atoms with Crippen molar-refractivity contribution in [2.45, 2.75) is 26.3 Å². The van der Waals surface area contributed by atoms with Crippen molar-refractivity contribution in [3.63, 3.8) is 0 Å². The topological polar surface area (TPSA) is 60.9 Å². The highest BCUT2D eigenvalue weighted by molar-refractivity contribution is 7.11. The molecule has 5 rings (SSSR count). The summed E-state index contributed by atoms with van der Waals surface area (Å²) >= 11 is 1.83. The van der Waals surface area contributed by atoms with Gasteiger partial charge in [0, 0.05) is 65.4 Å². The summed E-state index contributed by atoms with van der Waals surface area (Å²) in [5.74, 6) is 0.439. The Hall–Kier alpha value is -2.02. The van der Waals surface area contributed by atoms with Crippen molar-refractivity contribution >= 4 is 23.0 Å². The molecule has 6 heteroatoms. The minimum atomic E-state index is -0.240. The lowest BCUT2D eigenvalue weighted by molar-refractivity contribution is 0.0718. The number of ketones is 1. The van der Waals surface area contributed by atoms with Gasteiger partial charge in [-0.1, -0.05) is 12.1 Å². The van der Waals surface area contributed by atoms with Crippen molar-refractivity contribution in [3.8, 4) is 0 Å². The highest BCUT2D eigenvalue weighted by Gasteiger charge is 2.53. The quantitative estimate of drug-likeness (QED) is 0.842. The van der Waals surface area contributed by atoms with E-state index in [0.717, 1.165) is 25.2 Å². The van der Waals surface area contributed by atoms with Gasteiger partial charge in [0.05, 0.1) is 6.61 Å². The van der Waals surface area contributed by atoms with Gasteiger partial charge in [0.25, 0.3) is 5.91 Å². The van der Waals surface area contributed by atoms with E-state index in [1.54, 1.807) is 0 Å². The van der Waals surface area contributed by atoms with Crippen molar-refractivity contribution < 1.29 is 14.7 Å². The second-order valence-corrected chi connectivity index (χ2v) is 10.2. The second kappa shape index (κ2) is 7.04. The van der Waals surface area contributed by atoms with Crippen LogP contribution in [0, 0.1) is 18.3 Å².